The monoisotopic (exact) mass is 336 g/mol. The van der Waals surface area contributed by atoms with Crippen LogP contribution in [-0.4, -0.2) is 33.0 Å². The molecule has 0 radical (unpaired) electrons. The highest BCUT2D eigenvalue weighted by molar-refractivity contribution is 7.99. The number of benzene rings is 1. The summed E-state index contributed by atoms with van der Waals surface area (Å²) in [6.07, 6.45) is 0. The van der Waals surface area contributed by atoms with E-state index in [1.165, 1.54) is 6.07 Å². The number of hydrogen-bond donors (Lipinski definition) is 2. The maximum absolute atomic E-state index is 12.3. The van der Waals surface area contributed by atoms with E-state index in [0.29, 0.717) is 11.6 Å². The first-order valence-electron chi connectivity index (χ1n) is 6.43. The molecule has 0 aromatic heterocycles. The Hall–Kier alpha value is -0.270. The summed E-state index contributed by atoms with van der Waals surface area (Å²) in [5.74, 6) is 1.73. The van der Waals surface area contributed by atoms with E-state index in [9.17, 15) is 8.42 Å². The van der Waals surface area contributed by atoms with E-state index in [2.05, 4.69) is 17.0 Å². The predicted octanol–water partition coefficient (Wildman–Crippen LogP) is 2.48. The SMILES string of the molecule is CCSCC(C)NS(=O)(=O)c1ccc(Cl)c(CNC)c1. The molecule has 1 rings (SSSR count). The summed E-state index contributed by atoms with van der Waals surface area (Å²) in [5, 5.41) is 3.53. The number of sulfonamides is 1. The van der Waals surface area contributed by atoms with Gasteiger partial charge in [-0.15, -0.1) is 0 Å². The molecule has 114 valence electrons. The molecule has 2 N–H and O–H groups in total. The Labute approximate surface area is 130 Å². The van der Waals surface area contributed by atoms with Crippen LogP contribution in [-0.2, 0) is 16.6 Å². The molecule has 1 atom stereocenters. The zero-order valence-electron chi connectivity index (χ0n) is 11.9. The lowest BCUT2D eigenvalue weighted by molar-refractivity contribution is 0.571. The Morgan fingerprint density at radius 3 is 2.70 bits per heavy atom. The second-order valence-electron chi connectivity index (χ2n) is 4.47. The lowest BCUT2D eigenvalue weighted by Crippen LogP contribution is -2.34. The first-order valence-corrected chi connectivity index (χ1v) is 9.45. The van der Waals surface area contributed by atoms with E-state index in [-0.39, 0.29) is 10.9 Å². The quantitative estimate of drug-likeness (QED) is 0.765. The highest BCUT2D eigenvalue weighted by Crippen LogP contribution is 2.20. The van der Waals surface area contributed by atoms with Crippen molar-refractivity contribution in [2.75, 3.05) is 18.6 Å². The fourth-order valence-corrected chi connectivity index (χ4v) is 3.96. The summed E-state index contributed by atoms with van der Waals surface area (Å²) in [7, 11) is -1.71. The van der Waals surface area contributed by atoms with Gasteiger partial charge in [-0.05, 0) is 43.5 Å². The van der Waals surface area contributed by atoms with Crippen LogP contribution in [0.4, 0.5) is 0 Å². The Morgan fingerprint density at radius 2 is 2.10 bits per heavy atom. The predicted molar refractivity (Wildman–Crippen MR) is 87.0 cm³/mol. The molecule has 0 fully saturated rings. The summed E-state index contributed by atoms with van der Waals surface area (Å²) in [6.45, 7) is 4.45. The summed E-state index contributed by atoms with van der Waals surface area (Å²) >= 11 is 7.75. The van der Waals surface area contributed by atoms with Crippen molar-refractivity contribution in [3.05, 3.63) is 28.8 Å². The van der Waals surface area contributed by atoms with Crippen LogP contribution in [0, 0.1) is 0 Å². The van der Waals surface area contributed by atoms with E-state index < -0.39 is 10.0 Å². The van der Waals surface area contributed by atoms with E-state index in [4.69, 9.17) is 11.6 Å². The second kappa shape index (κ2) is 8.24. The number of hydrogen-bond acceptors (Lipinski definition) is 4. The van der Waals surface area contributed by atoms with Gasteiger partial charge in [-0.25, -0.2) is 13.1 Å². The largest absolute Gasteiger partial charge is 0.316 e. The Morgan fingerprint density at radius 1 is 1.40 bits per heavy atom. The van der Waals surface area contributed by atoms with E-state index in [1.54, 1.807) is 30.9 Å². The average molecular weight is 337 g/mol. The highest BCUT2D eigenvalue weighted by atomic mass is 35.5. The minimum Gasteiger partial charge on any atom is -0.316 e. The first kappa shape index (κ1) is 17.8. The molecule has 1 aromatic rings. The van der Waals surface area contributed by atoms with Gasteiger partial charge < -0.3 is 5.32 Å². The lowest BCUT2D eigenvalue weighted by Gasteiger charge is -2.14. The third-order valence-electron chi connectivity index (χ3n) is 2.62. The zero-order chi connectivity index (χ0) is 15.2. The van der Waals surface area contributed by atoms with Crippen LogP contribution in [0.1, 0.15) is 19.4 Å². The maximum Gasteiger partial charge on any atom is 0.240 e. The Kier molecular flexibility index (Phi) is 7.33. The Bertz CT molecular complexity index is 535. The molecule has 0 aliphatic carbocycles. The fourth-order valence-electron chi connectivity index (χ4n) is 1.71. The van der Waals surface area contributed by atoms with Gasteiger partial charge in [0.05, 0.1) is 4.90 Å². The first-order chi connectivity index (χ1) is 9.40. The van der Waals surface area contributed by atoms with E-state index >= 15 is 0 Å². The summed E-state index contributed by atoms with van der Waals surface area (Å²) < 4.78 is 27.3. The van der Waals surface area contributed by atoms with Crippen LogP contribution in [0.3, 0.4) is 0 Å². The molecule has 1 unspecified atom stereocenters. The van der Waals surface area contributed by atoms with Crippen LogP contribution in [0.15, 0.2) is 23.1 Å². The van der Waals surface area contributed by atoms with Gasteiger partial charge in [0.2, 0.25) is 10.0 Å². The Balaban J connectivity index is 2.89. The van der Waals surface area contributed by atoms with Crippen molar-refractivity contribution >= 4 is 33.4 Å². The molecule has 0 aliphatic heterocycles. The molecular weight excluding hydrogens is 316 g/mol. The normalized spacial score (nSPS) is 13.4. The summed E-state index contributed by atoms with van der Waals surface area (Å²) in [6, 6.07) is 4.66. The lowest BCUT2D eigenvalue weighted by atomic mass is 10.2. The van der Waals surface area contributed by atoms with Gasteiger partial charge in [-0.1, -0.05) is 18.5 Å². The van der Waals surface area contributed by atoms with Gasteiger partial charge in [0.1, 0.15) is 0 Å². The van der Waals surface area contributed by atoms with Crippen molar-refractivity contribution in [2.24, 2.45) is 0 Å². The third kappa shape index (κ3) is 5.26. The minimum atomic E-state index is -3.50. The maximum atomic E-state index is 12.3. The fraction of sp³-hybridized carbons (Fsp3) is 0.538. The average Bonchev–Trinajstić information content (AvgIpc) is 2.38. The zero-order valence-corrected chi connectivity index (χ0v) is 14.3. The molecule has 0 spiro atoms. The molecule has 0 heterocycles. The highest BCUT2D eigenvalue weighted by Gasteiger charge is 2.18. The number of nitrogens with one attached hydrogen (secondary N) is 2. The molecule has 0 aliphatic rings. The van der Waals surface area contributed by atoms with Crippen LogP contribution in [0.5, 0.6) is 0 Å². The molecule has 0 amide bonds. The summed E-state index contributed by atoms with van der Waals surface area (Å²) in [5.41, 5.74) is 0.771. The van der Waals surface area contributed by atoms with Gasteiger partial charge in [0.25, 0.3) is 0 Å². The number of thioether (sulfide) groups is 1. The molecule has 4 nitrogen and oxygen atoms in total. The number of halogens is 1. The van der Waals surface area contributed by atoms with Crippen molar-refractivity contribution < 1.29 is 8.42 Å². The minimum absolute atomic E-state index is 0.103. The molecule has 7 heteroatoms. The van der Waals surface area contributed by atoms with Crippen molar-refractivity contribution in [3.8, 4) is 0 Å². The van der Waals surface area contributed by atoms with Gasteiger partial charge in [0.15, 0.2) is 0 Å². The van der Waals surface area contributed by atoms with Gasteiger partial charge >= 0.3 is 0 Å². The van der Waals surface area contributed by atoms with Gasteiger partial charge in [-0.2, -0.15) is 11.8 Å². The third-order valence-corrected chi connectivity index (χ3v) is 5.72. The van der Waals surface area contributed by atoms with E-state index in [0.717, 1.165) is 17.1 Å². The van der Waals surface area contributed by atoms with Crippen LogP contribution < -0.4 is 10.0 Å². The molecule has 1 aromatic carbocycles. The van der Waals surface area contributed by atoms with Gasteiger partial charge in [-0.3, -0.25) is 0 Å². The van der Waals surface area contributed by atoms with Crippen LogP contribution >= 0.6 is 23.4 Å². The molecule has 0 saturated carbocycles. The smallest absolute Gasteiger partial charge is 0.240 e. The van der Waals surface area contributed by atoms with E-state index in [1.807, 2.05) is 6.92 Å². The standard InChI is InChI=1S/C13H21ClN2O2S2/c1-4-19-9-10(2)16-20(17,18)12-5-6-13(14)11(7-12)8-15-3/h5-7,10,15-16H,4,8-9H2,1-3H3. The van der Waals surface area contributed by atoms with Crippen molar-refractivity contribution in [1.29, 1.82) is 0 Å². The van der Waals surface area contributed by atoms with Crippen LogP contribution in [0.2, 0.25) is 5.02 Å². The van der Waals surface area contributed by atoms with Crippen molar-refractivity contribution in [3.63, 3.8) is 0 Å². The van der Waals surface area contributed by atoms with Crippen LogP contribution in [0.25, 0.3) is 0 Å². The summed E-state index contributed by atoms with van der Waals surface area (Å²) in [4.78, 5) is 0.250. The van der Waals surface area contributed by atoms with Crippen molar-refractivity contribution in [2.45, 2.75) is 31.3 Å². The molecule has 0 bridgehead atoms. The molecular formula is C13H21ClN2O2S2. The molecule has 0 saturated heterocycles. The van der Waals surface area contributed by atoms with Gasteiger partial charge in [0, 0.05) is 23.4 Å². The molecule has 20 heavy (non-hydrogen) atoms. The topological polar surface area (TPSA) is 58.2 Å². The second-order valence-corrected chi connectivity index (χ2v) is 7.91. The van der Waals surface area contributed by atoms with Crippen molar-refractivity contribution in [1.82, 2.24) is 10.0 Å². The number of rotatable bonds is 8.